The van der Waals surface area contributed by atoms with Crippen molar-refractivity contribution in [3.05, 3.63) is 71.1 Å². The van der Waals surface area contributed by atoms with Crippen LogP contribution in [-0.4, -0.2) is 68.6 Å². The van der Waals surface area contributed by atoms with Gasteiger partial charge in [-0.2, -0.15) is 15.1 Å². The van der Waals surface area contributed by atoms with Gasteiger partial charge in [-0.3, -0.25) is 15.0 Å². The standard InChI is InChI=1S/C28H26N6O3S/c1-17-13-21(18(2)33(17)22-8-7-19-5-3-4-6-20(19)14-22)15-23-26(29)34-28(30-27(23)36)38-24(31-34)16-25(35)32-9-11-37-12-10-32/h3-8,13-15,29H,9-12,16H2,1-2H3. The zero-order chi connectivity index (χ0) is 26.4. The first-order valence-electron chi connectivity index (χ1n) is 12.4. The molecule has 1 N–H and O–H groups in total. The third kappa shape index (κ3) is 4.35. The van der Waals surface area contributed by atoms with Gasteiger partial charge in [0.2, 0.25) is 11.1 Å². The first-order chi connectivity index (χ1) is 18.4. The van der Waals surface area contributed by atoms with Crippen molar-refractivity contribution < 1.29 is 14.3 Å². The lowest BCUT2D eigenvalue weighted by atomic mass is 10.1. The van der Waals surface area contributed by atoms with Gasteiger partial charge in [0.1, 0.15) is 5.04 Å². The number of hydrogen-bond acceptors (Lipinski definition) is 6. The van der Waals surface area contributed by atoms with E-state index in [-0.39, 0.29) is 23.7 Å². The van der Waals surface area contributed by atoms with E-state index in [1.165, 1.54) is 10.4 Å². The number of morpholine rings is 1. The molecule has 0 unspecified atom stereocenters. The Kier molecular flexibility index (Phi) is 6.21. The molecule has 3 aliphatic heterocycles. The largest absolute Gasteiger partial charge is 0.378 e. The molecule has 1 saturated heterocycles. The SMILES string of the molecule is Cc1cc(C=C2C(=N)N3N=C(CC(=O)N4CCOCC4)SC3=NC2=O)c(C)n1-c1ccc2ccccc2c1. The topological polar surface area (TPSA) is 103 Å². The van der Waals surface area contributed by atoms with Crippen molar-refractivity contribution in [2.75, 3.05) is 26.3 Å². The molecule has 3 aliphatic rings. The molecule has 6 rings (SSSR count). The lowest BCUT2D eigenvalue weighted by molar-refractivity contribution is -0.133. The molecule has 192 valence electrons. The molecule has 0 atom stereocenters. The lowest BCUT2D eigenvalue weighted by Crippen LogP contribution is -2.41. The quantitative estimate of drug-likeness (QED) is 0.516. The van der Waals surface area contributed by atoms with Crippen molar-refractivity contribution in [1.29, 1.82) is 5.41 Å². The number of aryl methyl sites for hydroxylation is 1. The average molecular weight is 527 g/mol. The summed E-state index contributed by atoms with van der Waals surface area (Å²) in [6, 6.07) is 16.6. The predicted molar refractivity (Wildman–Crippen MR) is 150 cm³/mol. The highest BCUT2D eigenvalue weighted by Gasteiger charge is 2.36. The number of ether oxygens (including phenoxy) is 1. The monoisotopic (exact) mass is 526 g/mol. The number of carbonyl (C=O) groups is 2. The van der Waals surface area contributed by atoms with Gasteiger partial charge in [-0.05, 0) is 66.2 Å². The summed E-state index contributed by atoms with van der Waals surface area (Å²) in [6.07, 6.45) is 1.81. The Labute approximate surface area is 224 Å². The third-order valence-electron chi connectivity index (χ3n) is 6.92. The van der Waals surface area contributed by atoms with Crippen LogP contribution in [0.4, 0.5) is 0 Å². The van der Waals surface area contributed by atoms with Crippen molar-refractivity contribution in [2.24, 2.45) is 10.1 Å². The molecular formula is C28H26N6O3S. The van der Waals surface area contributed by atoms with Crippen LogP contribution in [0.5, 0.6) is 0 Å². The maximum atomic E-state index is 13.0. The highest BCUT2D eigenvalue weighted by molar-refractivity contribution is 8.27. The minimum Gasteiger partial charge on any atom is -0.378 e. The molecule has 2 aromatic carbocycles. The number of benzene rings is 2. The Balaban J connectivity index is 1.27. The van der Waals surface area contributed by atoms with Crippen LogP contribution < -0.4 is 0 Å². The van der Waals surface area contributed by atoms with Crippen molar-refractivity contribution in [2.45, 2.75) is 20.3 Å². The molecule has 1 fully saturated rings. The highest BCUT2D eigenvalue weighted by atomic mass is 32.2. The number of carbonyl (C=O) groups excluding carboxylic acids is 2. The van der Waals surface area contributed by atoms with Gasteiger partial charge in [0.25, 0.3) is 5.91 Å². The van der Waals surface area contributed by atoms with Crippen LogP contribution in [0.3, 0.4) is 0 Å². The van der Waals surface area contributed by atoms with Gasteiger partial charge >= 0.3 is 0 Å². The molecular weight excluding hydrogens is 500 g/mol. The number of rotatable bonds is 4. The summed E-state index contributed by atoms with van der Waals surface area (Å²) < 4.78 is 7.46. The van der Waals surface area contributed by atoms with E-state index in [2.05, 4.69) is 45.0 Å². The maximum absolute atomic E-state index is 13.0. The number of fused-ring (bicyclic) bond motifs is 2. The van der Waals surface area contributed by atoms with Crippen molar-refractivity contribution in [1.82, 2.24) is 14.5 Å². The molecule has 9 nitrogen and oxygen atoms in total. The Morgan fingerprint density at radius 3 is 2.66 bits per heavy atom. The number of hydrogen-bond donors (Lipinski definition) is 1. The number of hydrazone groups is 1. The van der Waals surface area contributed by atoms with Gasteiger partial charge < -0.3 is 14.2 Å². The van der Waals surface area contributed by atoms with E-state index >= 15 is 0 Å². The molecule has 3 aromatic rings. The van der Waals surface area contributed by atoms with E-state index in [0.717, 1.165) is 39.8 Å². The summed E-state index contributed by atoms with van der Waals surface area (Å²) in [7, 11) is 0. The summed E-state index contributed by atoms with van der Waals surface area (Å²) in [5.41, 5.74) is 4.00. The number of aromatic nitrogens is 1. The van der Waals surface area contributed by atoms with Gasteiger partial charge in [0.05, 0.1) is 25.2 Å². The number of amidine groups is 2. The van der Waals surface area contributed by atoms with E-state index < -0.39 is 5.91 Å². The minimum absolute atomic E-state index is 0.0446. The Morgan fingerprint density at radius 2 is 1.87 bits per heavy atom. The molecule has 4 heterocycles. The fourth-order valence-electron chi connectivity index (χ4n) is 4.96. The number of aliphatic imine (C=N–C) groups is 1. The van der Waals surface area contributed by atoms with Crippen LogP contribution in [-0.2, 0) is 14.3 Å². The molecule has 10 heteroatoms. The van der Waals surface area contributed by atoms with Gasteiger partial charge in [-0.1, -0.05) is 30.3 Å². The smallest absolute Gasteiger partial charge is 0.283 e. The van der Waals surface area contributed by atoms with E-state index in [1.54, 1.807) is 11.0 Å². The van der Waals surface area contributed by atoms with Crippen molar-refractivity contribution >= 4 is 56.5 Å². The third-order valence-corrected chi connectivity index (χ3v) is 7.83. The summed E-state index contributed by atoms with van der Waals surface area (Å²) in [4.78, 5) is 31.6. The second kappa shape index (κ2) is 9.70. The van der Waals surface area contributed by atoms with Crippen LogP contribution >= 0.6 is 11.8 Å². The molecule has 1 aromatic heterocycles. The second-order valence-corrected chi connectivity index (χ2v) is 10.4. The van der Waals surface area contributed by atoms with E-state index in [0.29, 0.717) is 36.5 Å². The van der Waals surface area contributed by atoms with Crippen LogP contribution in [0, 0.1) is 19.3 Å². The lowest BCUT2D eigenvalue weighted by Gasteiger charge is -2.26. The second-order valence-electron chi connectivity index (χ2n) is 9.38. The van der Waals surface area contributed by atoms with Crippen LogP contribution in [0.25, 0.3) is 22.5 Å². The van der Waals surface area contributed by atoms with E-state index in [9.17, 15) is 9.59 Å². The van der Waals surface area contributed by atoms with Gasteiger partial charge in [-0.25, -0.2) is 0 Å². The van der Waals surface area contributed by atoms with Crippen LogP contribution in [0.15, 0.2) is 64.2 Å². The number of nitrogens with one attached hydrogen (secondary N) is 1. The first-order valence-corrected chi connectivity index (χ1v) is 13.2. The van der Waals surface area contributed by atoms with E-state index in [4.69, 9.17) is 10.1 Å². The molecule has 2 amide bonds. The molecule has 0 bridgehead atoms. The summed E-state index contributed by atoms with van der Waals surface area (Å²) >= 11 is 1.16. The predicted octanol–water partition coefficient (Wildman–Crippen LogP) is 4.12. The fraction of sp³-hybridized carbons (Fsp3) is 0.250. The molecule has 0 aliphatic carbocycles. The van der Waals surface area contributed by atoms with Gasteiger partial charge in [0, 0.05) is 30.2 Å². The van der Waals surface area contributed by atoms with Crippen LogP contribution in [0.1, 0.15) is 23.4 Å². The summed E-state index contributed by atoms with van der Waals surface area (Å²) in [5, 5.41) is 17.7. The Bertz CT molecular complexity index is 1600. The van der Waals surface area contributed by atoms with E-state index in [1.807, 2.05) is 32.0 Å². The zero-order valence-electron chi connectivity index (χ0n) is 21.1. The Hall–Kier alpha value is -4.02. The maximum Gasteiger partial charge on any atom is 0.283 e. The van der Waals surface area contributed by atoms with Crippen molar-refractivity contribution in [3.8, 4) is 5.69 Å². The van der Waals surface area contributed by atoms with Crippen molar-refractivity contribution in [3.63, 3.8) is 0 Å². The molecule has 0 saturated carbocycles. The van der Waals surface area contributed by atoms with Gasteiger partial charge in [-0.15, -0.1) is 0 Å². The first kappa shape index (κ1) is 24.3. The molecule has 38 heavy (non-hydrogen) atoms. The van der Waals surface area contributed by atoms with Gasteiger partial charge in [0.15, 0.2) is 5.84 Å². The normalized spacial score (nSPS) is 18.7. The number of amides is 2. The fourth-order valence-corrected chi connectivity index (χ4v) is 5.84. The molecule has 0 spiro atoms. The number of thioether (sulfide) groups is 1. The highest BCUT2D eigenvalue weighted by Crippen LogP contribution is 2.31. The minimum atomic E-state index is -0.486. The summed E-state index contributed by atoms with van der Waals surface area (Å²) in [6.45, 7) is 6.19. The van der Waals surface area contributed by atoms with Crippen LogP contribution in [0.2, 0.25) is 0 Å². The summed E-state index contributed by atoms with van der Waals surface area (Å²) in [5.74, 6) is -0.577. The number of nitrogens with zero attached hydrogens (tertiary/aromatic N) is 5. The average Bonchev–Trinajstić information content (AvgIpc) is 3.45. The zero-order valence-corrected chi connectivity index (χ0v) is 21.9. The Morgan fingerprint density at radius 1 is 1.11 bits per heavy atom. The molecule has 0 radical (unpaired) electrons.